The Morgan fingerprint density at radius 3 is 2.68 bits per heavy atom. The second-order valence-corrected chi connectivity index (χ2v) is 5.79. The number of carbonyl (C=O) groups is 2. The van der Waals surface area contributed by atoms with Gasteiger partial charge in [0.05, 0.1) is 22.5 Å². The van der Waals surface area contributed by atoms with Crippen LogP contribution in [0.3, 0.4) is 0 Å². The van der Waals surface area contributed by atoms with Gasteiger partial charge in [0.1, 0.15) is 10.3 Å². The van der Waals surface area contributed by atoms with Gasteiger partial charge in [0, 0.05) is 6.04 Å². The Labute approximate surface area is 132 Å². The molecule has 1 aromatic rings. The summed E-state index contributed by atoms with van der Waals surface area (Å²) in [6.07, 6.45) is 1.61. The normalized spacial score (nSPS) is 20.6. The Morgan fingerprint density at radius 1 is 1.41 bits per heavy atom. The number of aliphatic carboxylic acids is 1. The van der Waals surface area contributed by atoms with Gasteiger partial charge in [-0.15, -0.1) is 0 Å². The summed E-state index contributed by atoms with van der Waals surface area (Å²) in [6, 6.07) is 1.01. The van der Waals surface area contributed by atoms with Crippen molar-refractivity contribution in [3.05, 3.63) is 38.1 Å². The van der Waals surface area contributed by atoms with Crippen molar-refractivity contribution in [3.63, 3.8) is 0 Å². The van der Waals surface area contributed by atoms with Crippen LogP contribution in [0.1, 0.15) is 29.6 Å². The van der Waals surface area contributed by atoms with Crippen molar-refractivity contribution in [1.29, 1.82) is 0 Å². The average molecular weight is 375 g/mol. The molecule has 0 saturated heterocycles. The van der Waals surface area contributed by atoms with E-state index in [2.05, 4.69) is 21.2 Å². The molecule has 1 aliphatic carbocycles. The first-order chi connectivity index (χ1) is 10.3. The van der Waals surface area contributed by atoms with Gasteiger partial charge in [0.25, 0.3) is 11.6 Å². The fourth-order valence-corrected chi connectivity index (χ4v) is 3.10. The van der Waals surface area contributed by atoms with Crippen molar-refractivity contribution in [2.24, 2.45) is 5.92 Å². The highest BCUT2D eigenvalue weighted by molar-refractivity contribution is 9.10. The molecule has 1 aromatic carbocycles. The number of carboxylic acid groups (broad SMARTS) is 1. The number of nitrogens with zero attached hydrogens (tertiary/aromatic N) is 1. The third-order valence-corrected chi connectivity index (χ3v) is 4.44. The molecule has 1 fully saturated rings. The number of amides is 1. The molecule has 1 aliphatic rings. The van der Waals surface area contributed by atoms with Gasteiger partial charge < -0.3 is 10.4 Å². The van der Waals surface area contributed by atoms with Crippen LogP contribution in [-0.2, 0) is 4.79 Å². The van der Waals surface area contributed by atoms with Gasteiger partial charge in [-0.25, -0.2) is 4.39 Å². The predicted molar refractivity (Wildman–Crippen MR) is 77.0 cm³/mol. The van der Waals surface area contributed by atoms with Crippen LogP contribution < -0.4 is 5.32 Å². The van der Waals surface area contributed by atoms with Crippen LogP contribution in [0, 0.1) is 21.8 Å². The van der Waals surface area contributed by atoms with Crippen LogP contribution in [-0.4, -0.2) is 27.9 Å². The van der Waals surface area contributed by atoms with Gasteiger partial charge >= 0.3 is 5.97 Å². The van der Waals surface area contributed by atoms with Crippen LogP contribution in [0.5, 0.6) is 0 Å². The molecule has 0 heterocycles. The topological polar surface area (TPSA) is 110 Å². The zero-order valence-corrected chi connectivity index (χ0v) is 12.8. The summed E-state index contributed by atoms with van der Waals surface area (Å²) < 4.78 is 13.3. The lowest BCUT2D eigenvalue weighted by atomic mass is 10.0. The molecule has 2 N–H and O–H groups in total. The van der Waals surface area contributed by atoms with Gasteiger partial charge in [-0.05, 0) is 34.8 Å². The Hall–Kier alpha value is -2.03. The monoisotopic (exact) mass is 374 g/mol. The van der Waals surface area contributed by atoms with Crippen LogP contribution in [0.4, 0.5) is 10.1 Å². The van der Waals surface area contributed by atoms with E-state index in [-0.39, 0.29) is 10.0 Å². The van der Waals surface area contributed by atoms with Crippen molar-refractivity contribution in [3.8, 4) is 0 Å². The molecule has 2 atom stereocenters. The quantitative estimate of drug-likeness (QED) is 0.621. The Bertz CT molecular complexity index is 652. The maximum atomic E-state index is 13.4. The van der Waals surface area contributed by atoms with E-state index in [0.29, 0.717) is 25.3 Å². The largest absolute Gasteiger partial charge is 0.481 e. The molecular weight excluding hydrogens is 363 g/mol. The molecule has 0 bridgehead atoms. The summed E-state index contributed by atoms with van der Waals surface area (Å²) in [6.45, 7) is 0. The lowest BCUT2D eigenvalue weighted by Gasteiger charge is -2.18. The van der Waals surface area contributed by atoms with E-state index in [1.165, 1.54) is 0 Å². The zero-order chi connectivity index (χ0) is 16.4. The van der Waals surface area contributed by atoms with Crippen molar-refractivity contribution < 1.29 is 24.0 Å². The SMILES string of the molecule is O=C(N[C@H]1CCC[C@H]1C(=O)O)c1cc(F)cc([N+](=O)[O-])c1Br. The number of nitrogens with one attached hydrogen (secondary N) is 1. The van der Waals surface area contributed by atoms with Crippen molar-refractivity contribution >= 4 is 33.5 Å². The first kappa shape index (κ1) is 16.3. The van der Waals surface area contributed by atoms with E-state index in [1.807, 2.05) is 0 Å². The maximum Gasteiger partial charge on any atom is 0.308 e. The number of nitro benzene ring substituents is 1. The molecule has 0 aliphatic heterocycles. The molecule has 22 heavy (non-hydrogen) atoms. The summed E-state index contributed by atoms with van der Waals surface area (Å²) in [5.41, 5.74) is -0.797. The number of hydrogen-bond donors (Lipinski definition) is 2. The second kappa shape index (κ2) is 6.39. The van der Waals surface area contributed by atoms with E-state index in [4.69, 9.17) is 5.11 Å². The third-order valence-electron chi connectivity index (χ3n) is 3.61. The van der Waals surface area contributed by atoms with E-state index in [1.54, 1.807) is 0 Å². The molecule has 1 saturated carbocycles. The van der Waals surface area contributed by atoms with Crippen molar-refractivity contribution in [1.82, 2.24) is 5.32 Å². The summed E-state index contributed by atoms with van der Waals surface area (Å²) in [5, 5.41) is 22.4. The maximum absolute atomic E-state index is 13.4. The molecule has 1 amide bonds. The van der Waals surface area contributed by atoms with Gasteiger partial charge in [0.2, 0.25) is 0 Å². The van der Waals surface area contributed by atoms with Crippen molar-refractivity contribution in [2.75, 3.05) is 0 Å². The summed E-state index contributed by atoms with van der Waals surface area (Å²) in [7, 11) is 0. The molecule has 118 valence electrons. The summed E-state index contributed by atoms with van der Waals surface area (Å²) in [5.74, 6) is -3.37. The van der Waals surface area contributed by atoms with Gasteiger partial charge in [0.15, 0.2) is 0 Å². The molecule has 0 radical (unpaired) electrons. The van der Waals surface area contributed by atoms with E-state index in [0.717, 1.165) is 6.07 Å². The Balaban J connectivity index is 2.27. The summed E-state index contributed by atoms with van der Waals surface area (Å²) in [4.78, 5) is 33.3. The number of nitro groups is 1. The highest BCUT2D eigenvalue weighted by atomic mass is 79.9. The number of carbonyl (C=O) groups excluding carboxylic acids is 1. The molecule has 2 rings (SSSR count). The first-order valence-corrected chi connectivity index (χ1v) is 7.27. The number of rotatable bonds is 4. The number of benzene rings is 1. The molecule has 0 unspecified atom stereocenters. The Kier molecular flexibility index (Phi) is 4.74. The minimum atomic E-state index is -1.01. The highest BCUT2D eigenvalue weighted by Crippen LogP contribution is 2.31. The number of carboxylic acids is 1. The fraction of sp³-hybridized carbons (Fsp3) is 0.385. The average Bonchev–Trinajstić information content (AvgIpc) is 2.88. The lowest BCUT2D eigenvalue weighted by molar-refractivity contribution is -0.385. The van der Waals surface area contributed by atoms with Gasteiger partial charge in [-0.2, -0.15) is 0 Å². The van der Waals surface area contributed by atoms with Crippen LogP contribution in [0.15, 0.2) is 16.6 Å². The third kappa shape index (κ3) is 3.24. The molecular formula is C13H12BrFN2O5. The van der Waals surface area contributed by atoms with Crippen LogP contribution in [0.25, 0.3) is 0 Å². The first-order valence-electron chi connectivity index (χ1n) is 6.48. The van der Waals surface area contributed by atoms with Crippen molar-refractivity contribution in [2.45, 2.75) is 25.3 Å². The summed E-state index contributed by atoms with van der Waals surface area (Å²) >= 11 is 2.92. The molecule has 9 heteroatoms. The standard InChI is InChI=1S/C13H12BrFN2O5/c14-11-8(4-6(15)5-10(11)17(21)22)12(18)16-9-3-1-2-7(9)13(19)20/h4-5,7,9H,1-3H2,(H,16,18)(H,19,20)/t7-,9+/m1/s1. The minimum Gasteiger partial charge on any atom is -0.481 e. The van der Waals surface area contributed by atoms with Crippen LogP contribution in [0.2, 0.25) is 0 Å². The smallest absolute Gasteiger partial charge is 0.308 e. The lowest BCUT2D eigenvalue weighted by Crippen LogP contribution is -2.40. The zero-order valence-electron chi connectivity index (χ0n) is 11.2. The van der Waals surface area contributed by atoms with Crippen LogP contribution >= 0.6 is 15.9 Å². The van der Waals surface area contributed by atoms with E-state index in [9.17, 15) is 24.1 Å². The minimum absolute atomic E-state index is 0.138. The number of halogens is 2. The molecule has 0 aromatic heterocycles. The van der Waals surface area contributed by atoms with Gasteiger partial charge in [-0.3, -0.25) is 19.7 Å². The molecule has 0 spiro atoms. The fourth-order valence-electron chi connectivity index (χ4n) is 2.55. The number of hydrogen-bond acceptors (Lipinski definition) is 4. The highest BCUT2D eigenvalue weighted by Gasteiger charge is 2.34. The van der Waals surface area contributed by atoms with E-state index < -0.39 is 40.3 Å². The van der Waals surface area contributed by atoms with Gasteiger partial charge in [-0.1, -0.05) is 6.42 Å². The Morgan fingerprint density at radius 2 is 2.09 bits per heavy atom. The second-order valence-electron chi connectivity index (χ2n) is 5.00. The molecule has 7 nitrogen and oxygen atoms in total. The van der Waals surface area contributed by atoms with E-state index >= 15 is 0 Å². The predicted octanol–water partition coefficient (Wildman–Crippen LogP) is 2.48.